The molecule has 0 aliphatic heterocycles. The number of nitrogens with zero attached hydrogens (tertiary/aromatic N) is 2. The molecule has 2 heterocycles. The Bertz CT molecular complexity index is 808. The molecule has 3 rings (SSSR count). The lowest BCUT2D eigenvalue weighted by Gasteiger charge is -2.08. The number of ether oxygens (including phenoxy) is 1. The third kappa shape index (κ3) is 2.45. The van der Waals surface area contributed by atoms with Crippen LogP contribution in [0.25, 0.3) is 5.52 Å². The number of imidazole rings is 1. The first-order chi connectivity index (χ1) is 10.2. The molecule has 3 aromatic rings. The molecular weight excluding hydrogens is 268 g/mol. The Morgan fingerprint density at radius 3 is 2.86 bits per heavy atom. The van der Waals surface area contributed by atoms with Crippen LogP contribution < -0.4 is 4.74 Å². The number of aromatic nitrogens is 2. The second-order valence-corrected chi connectivity index (χ2v) is 4.68. The highest BCUT2D eigenvalue weighted by Crippen LogP contribution is 2.21. The van der Waals surface area contributed by atoms with Crippen LogP contribution in [0, 0.1) is 0 Å². The molecule has 0 atom stereocenters. The molecule has 0 spiro atoms. The zero-order valence-corrected chi connectivity index (χ0v) is 11.5. The first-order valence-corrected chi connectivity index (χ1v) is 6.50. The van der Waals surface area contributed by atoms with Gasteiger partial charge < -0.3 is 14.2 Å². The van der Waals surface area contributed by atoms with E-state index in [9.17, 15) is 4.79 Å². The van der Waals surface area contributed by atoms with Gasteiger partial charge in [0, 0.05) is 18.2 Å². The van der Waals surface area contributed by atoms with Gasteiger partial charge in [-0.1, -0.05) is 18.2 Å². The van der Waals surface area contributed by atoms with Gasteiger partial charge in [-0.25, -0.2) is 9.78 Å². The average Bonchev–Trinajstić information content (AvgIpc) is 2.90. The van der Waals surface area contributed by atoms with Gasteiger partial charge in [0.1, 0.15) is 11.6 Å². The summed E-state index contributed by atoms with van der Waals surface area (Å²) in [4.78, 5) is 15.5. The van der Waals surface area contributed by atoms with Gasteiger partial charge in [0.05, 0.1) is 24.4 Å². The van der Waals surface area contributed by atoms with Gasteiger partial charge in [0.2, 0.25) is 0 Å². The maximum absolute atomic E-state index is 11.1. The largest absolute Gasteiger partial charge is 0.496 e. The minimum Gasteiger partial charge on any atom is -0.496 e. The number of pyridine rings is 1. The maximum Gasteiger partial charge on any atom is 0.337 e. The van der Waals surface area contributed by atoms with Crippen molar-refractivity contribution in [3.63, 3.8) is 0 Å². The van der Waals surface area contributed by atoms with Crippen molar-refractivity contribution >= 4 is 11.5 Å². The number of methoxy groups -OCH3 is 1. The fourth-order valence-corrected chi connectivity index (χ4v) is 2.32. The third-order valence-electron chi connectivity index (χ3n) is 3.39. The summed E-state index contributed by atoms with van der Waals surface area (Å²) >= 11 is 0. The van der Waals surface area contributed by atoms with Crippen molar-refractivity contribution in [2.45, 2.75) is 6.42 Å². The summed E-state index contributed by atoms with van der Waals surface area (Å²) in [6.07, 6.45) is 3.90. The molecule has 5 nitrogen and oxygen atoms in total. The Kier molecular flexibility index (Phi) is 3.31. The van der Waals surface area contributed by atoms with Gasteiger partial charge in [-0.2, -0.15) is 0 Å². The van der Waals surface area contributed by atoms with E-state index in [1.165, 1.54) is 0 Å². The highest BCUT2D eigenvalue weighted by Gasteiger charge is 2.10. The average molecular weight is 282 g/mol. The Labute approximate surface area is 121 Å². The van der Waals surface area contributed by atoms with Crippen LogP contribution in [0.1, 0.15) is 21.7 Å². The van der Waals surface area contributed by atoms with Gasteiger partial charge in [-0.3, -0.25) is 0 Å². The van der Waals surface area contributed by atoms with Crippen molar-refractivity contribution in [3.8, 4) is 5.75 Å². The summed E-state index contributed by atoms with van der Waals surface area (Å²) in [7, 11) is 1.63. The molecule has 1 N–H and O–H groups in total. The van der Waals surface area contributed by atoms with E-state index < -0.39 is 5.97 Å². The molecule has 0 saturated carbocycles. The van der Waals surface area contributed by atoms with E-state index in [0.717, 1.165) is 22.7 Å². The molecule has 0 aliphatic rings. The summed E-state index contributed by atoms with van der Waals surface area (Å²) in [5.74, 6) is 0.620. The van der Waals surface area contributed by atoms with Gasteiger partial charge in [-0.05, 0) is 18.2 Å². The molecule has 0 saturated heterocycles. The Hall–Kier alpha value is -2.82. The van der Waals surface area contributed by atoms with Crippen LogP contribution in [0.3, 0.4) is 0 Å². The summed E-state index contributed by atoms with van der Waals surface area (Å²) < 4.78 is 7.14. The van der Waals surface area contributed by atoms with Crippen LogP contribution in [0.4, 0.5) is 0 Å². The molecule has 0 radical (unpaired) electrons. The number of benzene rings is 1. The second kappa shape index (κ2) is 5.28. The van der Waals surface area contributed by atoms with Crippen LogP contribution in [0.15, 0.2) is 48.8 Å². The monoisotopic (exact) mass is 282 g/mol. The lowest BCUT2D eigenvalue weighted by Crippen LogP contribution is -2.02. The molecule has 1 aromatic carbocycles. The summed E-state index contributed by atoms with van der Waals surface area (Å²) in [6.45, 7) is 0. The topological polar surface area (TPSA) is 63.8 Å². The zero-order chi connectivity index (χ0) is 14.8. The molecule has 106 valence electrons. The first kappa shape index (κ1) is 13.2. The maximum atomic E-state index is 11.1. The Morgan fingerprint density at radius 2 is 2.10 bits per heavy atom. The molecule has 0 unspecified atom stereocenters. The van der Waals surface area contributed by atoms with Gasteiger partial charge in [0.15, 0.2) is 0 Å². The van der Waals surface area contributed by atoms with Crippen molar-refractivity contribution in [2.75, 3.05) is 7.11 Å². The predicted molar refractivity (Wildman–Crippen MR) is 78.0 cm³/mol. The smallest absolute Gasteiger partial charge is 0.337 e. The third-order valence-corrected chi connectivity index (χ3v) is 3.39. The fourth-order valence-electron chi connectivity index (χ4n) is 2.32. The number of carboxylic acid groups (broad SMARTS) is 1. The highest BCUT2D eigenvalue weighted by molar-refractivity contribution is 5.87. The standard InChI is InChI=1S/C16H14N2O3/c1-21-14-5-3-2-4-11(14)8-15-17-9-13-7-6-12(16(19)20)10-18(13)15/h2-7,9-10H,8H2,1H3,(H,19,20). The van der Waals surface area contributed by atoms with E-state index >= 15 is 0 Å². The molecule has 5 heteroatoms. The van der Waals surface area contributed by atoms with E-state index in [4.69, 9.17) is 9.84 Å². The molecule has 0 amide bonds. The van der Waals surface area contributed by atoms with E-state index in [1.54, 1.807) is 36.0 Å². The normalized spacial score (nSPS) is 10.7. The van der Waals surface area contributed by atoms with E-state index in [2.05, 4.69) is 4.98 Å². The minimum absolute atomic E-state index is 0.238. The first-order valence-electron chi connectivity index (χ1n) is 6.50. The van der Waals surface area contributed by atoms with E-state index in [0.29, 0.717) is 6.42 Å². The van der Waals surface area contributed by atoms with Crippen molar-refractivity contribution in [1.82, 2.24) is 9.38 Å². The van der Waals surface area contributed by atoms with Gasteiger partial charge >= 0.3 is 5.97 Å². The van der Waals surface area contributed by atoms with Crippen molar-refractivity contribution in [3.05, 3.63) is 65.7 Å². The highest BCUT2D eigenvalue weighted by atomic mass is 16.5. The summed E-state index contributed by atoms with van der Waals surface area (Å²) in [5, 5.41) is 9.09. The zero-order valence-electron chi connectivity index (χ0n) is 11.5. The molecule has 0 aliphatic carbocycles. The molecule has 0 bridgehead atoms. The van der Waals surface area contributed by atoms with Gasteiger partial charge in [0.25, 0.3) is 0 Å². The lowest BCUT2D eigenvalue weighted by molar-refractivity contribution is 0.0696. The van der Waals surface area contributed by atoms with Crippen LogP contribution in [0.2, 0.25) is 0 Å². The second-order valence-electron chi connectivity index (χ2n) is 4.68. The number of carboxylic acids is 1. The lowest BCUT2D eigenvalue weighted by atomic mass is 10.1. The fraction of sp³-hybridized carbons (Fsp3) is 0.125. The van der Waals surface area contributed by atoms with Crippen molar-refractivity contribution < 1.29 is 14.6 Å². The van der Waals surface area contributed by atoms with E-state index in [1.807, 2.05) is 24.3 Å². The molecule has 0 fully saturated rings. The molecule has 2 aromatic heterocycles. The minimum atomic E-state index is -0.950. The van der Waals surface area contributed by atoms with Crippen LogP contribution >= 0.6 is 0 Å². The summed E-state index contributed by atoms with van der Waals surface area (Å²) in [5.41, 5.74) is 2.11. The molecular formula is C16H14N2O3. The van der Waals surface area contributed by atoms with Crippen LogP contribution in [-0.2, 0) is 6.42 Å². The van der Waals surface area contributed by atoms with E-state index in [-0.39, 0.29) is 5.56 Å². The SMILES string of the molecule is COc1ccccc1Cc1ncc2ccc(C(=O)O)cn12. The number of fused-ring (bicyclic) bond motifs is 1. The number of para-hydroxylation sites is 1. The van der Waals surface area contributed by atoms with Crippen LogP contribution in [-0.4, -0.2) is 27.6 Å². The van der Waals surface area contributed by atoms with Crippen molar-refractivity contribution in [2.24, 2.45) is 0 Å². The Morgan fingerprint density at radius 1 is 1.29 bits per heavy atom. The number of rotatable bonds is 4. The number of carbonyl (C=O) groups is 1. The number of hydrogen-bond donors (Lipinski definition) is 1. The Balaban J connectivity index is 2.04. The van der Waals surface area contributed by atoms with Gasteiger partial charge in [-0.15, -0.1) is 0 Å². The quantitative estimate of drug-likeness (QED) is 0.799. The number of aromatic carboxylic acids is 1. The van der Waals surface area contributed by atoms with Crippen molar-refractivity contribution in [1.29, 1.82) is 0 Å². The predicted octanol–water partition coefficient (Wildman–Crippen LogP) is 2.63. The molecule has 21 heavy (non-hydrogen) atoms. The number of hydrogen-bond acceptors (Lipinski definition) is 3. The summed E-state index contributed by atoms with van der Waals surface area (Å²) in [6, 6.07) is 11.0. The van der Waals surface area contributed by atoms with Crippen LogP contribution in [0.5, 0.6) is 5.75 Å².